The summed E-state index contributed by atoms with van der Waals surface area (Å²) in [5, 5.41) is 3.32. The molecule has 1 amide bonds. The van der Waals surface area contributed by atoms with Crippen LogP contribution < -0.4 is 11.1 Å². The Labute approximate surface area is 119 Å². The van der Waals surface area contributed by atoms with Crippen LogP contribution in [0.15, 0.2) is 24.3 Å². The summed E-state index contributed by atoms with van der Waals surface area (Å²) >= 11 is 0. The molecular formula is C17H22N2O. The fourth-order valence-electron chi connectivity index (χ4n) is 5.03. The van der Waals surface area contributed by atoms with Gasteiger partial charge in [-0.2, -0.15) is 0 Å². The molecular weight excluding hydrogens is 248 g/mol. The van der Waals surface area contributed by atoms with Crippen LogP contribution in [0.25, 0.3) is 0 Å². The molecule has 3 N–H and O–H groups in total. The topological polar surface area (TPSA) is 55.1 Å². The third-order valence-electron chi connectivity index (χ3n) is 5.70. The predicted molar refractivity (Wildman–Crippen MR) is 79.2 cm³/mol. The van der Waals surface area contributed by atoms with Gasteiger partial charge in [-0.15, -0.1) is 0 Å². The molecule has 0 atom stereocenters. The number of nitrogens with one attached hydrogen (secondary N) is 1. The summed E-state index contributed by atoms with van der Waals surface area (Å²) in [7, 11) is 0. The van der Waals surface area contributed by atoms with E-state index in [0.29, 0.717) is 11.7 Å². The van der Waals surface area contributed by atoms with Crippen molar-refractivity contribution in [3.8, 4) is 0 Å². The fourth-order valence-corrected chi connectivity index (χ4v) is 5.03. The van der Waals surface area contributed by atoms with Gasteiger partial charge >= 0.3 is 0 Å². The molecule has 5 rings (SSSR count). The van der Waals surface area contributed by atoms with Gasteiger partial charge in [0.2, 0.25) is 0 Å². The van der Waals surface area contributed by atoms with Crippen LogP contribution in [0.1, 0.15) is 42.5 Å². The first-order chi connectivity index (χ1) is 9.69. The molecule has 0 aromatic heterocycles. The molecule has 0 heterocycles. The van der Waals surface area contributed by atoms with E-state index in [1.165, 1.54) is 32.1 Å². The molecule has 1 aromatic carbocycles. The molecule has 0 spiro atoms. The lowest BCUT2D eigenvalue weighted by Crippen LogP contribution is -2.55. The zero-order valence-corrected chi connectivity index (χ0v) is 11.7. The van der Waals surface area contributed by atoms with E-state index in [1.807, 2.05) is 12.1 Å². The summed E-state index contributed by atoms with van der Waals surface area (Å²) in [5.74, 6) is 3.42. The van der Waals surface area contributed by atoms with E-state index in [2.05, 4.69) is 5.32 Å². The maximum absolute atomic E-state index is 12.4. The van der Waals surface area contributed by atoms with Crippen LogP contribution in [0.2, 0.25) is 0 Å². The SMILES string of the molecule is Nc1ccc(C(=O)NC2C3CC4CC(C3)CC2C4)cc1. The lowest BCUT2D eigenvalue weighted by molar-refractivity contribution is -0.0119. The Balaban J connectivity index is 1.49. The van der Waals surface area contributed by atoms with Crippen molar-refractivity contribution < 1.29 is 4.79 Å². The minimum absolute atomic E-state index is 0.0717. The highest BCUT2D eigenvalue weighted by molar-refractivity contribution is 5.94. The molecule has 106 valence electrons. The largest absolute Gasteiger partial charge is 0.399 e. The smallest absolute Gasteiger partial charge is 0.251 e. The number of nitrogen functional groups attached to an aromatic ring is 1. The van der Waals surface area contributed by atoms with Gasteiger partial charge in [0, 0.05) is 17.3 Å². The molecule has 4 bridgehead atoms. The molecule has 0 saturated heterocycles. The number of carbonyl (C=O) groups is 1. The quantitative estimate of drug-likeness (QED) is 0.812. The normalized spacial score (nSPS) is 37.9. The summed E-state index contributed by atoms with van der Waals surface area (Å²) < 4.78 is 0. The number of hydrogen-bond donors (Lipinski definition) is 2. The molecule has 0 radical (unpaired) electrons. The van der Waals surface area contributed by atoms with Crippen LogP contribution in [-0.4, -0.2) is 11.9 Å². The second-order valence-corrected chi connectivity index (χ2v) is 7.05. The molecule has 4 fully saturated rings. The van der Waals surface area contributed by atoms with Crippen molar-refractivity contribution >= 4 is 11.6 Å². The van der Waals surface area contributed by atoms with Crippen LogP contribution in [0.3, 0.4) is 0 Å². The second-order valence-electron chi connectivity index (χ2n) is 7.05. The lowest BCUT2D eigenvalue weighted by atomic mass is 9.54. The van der Waals surface area contributed by atoms with E-state index in [0.717, 1.165) is 29.2 Å². The number of anilines is 1. The highest BCUT2D eigenvalue weighted by Crippen LogP contribution is 2.53. The van der Waals surface area contributed by atoms with Gasteiger partial charge in [0.1, 0.15) is 0 Å². The van der Waals surface area contributed by atoms with Crippen LogP contribution in [0.5, 0.6) is 0 Å². The van der Waals surface area contributed by atoms with Gasteiger partial charge in [-0.1, -0.05) is 0 Å². The molecule has 3 nitrogen and oxygen atoms in total. The average Bonchev–Trinajstić information content (AvgIpc) is 2.42. The van der Waals surface area contributed by atoms with E-state index < -0.39 is 0 Å². The number of rotatable bonds is 2. The molecule has 4 saturated carbocycles. The molecule has 20 heavy (non-hydrogen) atoms. The Hall–Kier alpha value is -1.51. The molecule has 0 unspecified atom stereocenters. The van der Waals surface area contributed by atoms with Gasteiger partial charge in [0.15, 0.2) is 0 Å². The number of amides is 1. The van der Waals surface area contributed by atoms with Gasteiger partial charge in [-0.05, 0) is 80.0 Å². The first-order valence-corrected chi connectivity index (χ1v) is 7.85. The van der Waals surface area contributed by atoms with Crippen LogP contribution in [0.4, 0.5) is 5.69 Å². The van der Waals surface area contributed by atoms with E-state index in [-0.39, 0.29) is 5.91 Å². The van der Waals surface area contributed by atoms with Crippen LogP contribution in [0, 0.1) is 23.7 Å². The Morgan fingerprint density at radius 2 is 1.50 bits per heavy atom. The van der Waals surface area contributed by atoms with E-state index in [4.69, 9.17) is 5.73 Å². The summed E-state index contributed by atoms with van der Waals surface area (Å²) in [5.41, 5.74) is 7.11. The lowest BCUT2D eigenvalue weighted by Gasteiger charge is -2.54. The number of nitrogens with two attached hydrogens (primary N) is 1. The van der Waals surface area contributed by atoms with Crippen molar-refractivity contribution in [3.05, 3.63) is 29.8 Å². The number of benzene rings is 1. The summed E-state index contributed by atoms with van der Waals surface area (Å²) in [4.78, 5) is 12.4. The van der Waals surface area contributed by atoms with Gasteiger partial charge in [-0.25, -0.2) is 0 Å². The Bertz CT molecular complexity index is 494. The number of carbonyl (C=O) groups excluding carboxylic acids is 1. The van der Waals surface area contributed by atoms with Crippen molar-refractivity contribution in [1.82, 2.24) is 5.32 Å². The first kappa shape index (κ1) is 12.2. The molecule has 3 heteroatoms. The average molecular weight is 270 g/mol. The summed E-state index contributed by atoms with van der Waals surface area (Å²) in [6.45, 7) is 0. The minimum Gasteiger partial charge on any atom is -0.399 e. The zero-order chi connectivity index (χ0) is 13.7. The van der Waals surface area contributed by atoms with Crippen molar-refractivity contribution in [3.63, 3.8) is 0 Å². The van der Waals surface area contributed by atoms with E-state index in [9.17, 15) is 4.79 Å². The molecule has 1 aromatic rings. The maximum Gasteiger partial charge on any atom is 0.251 e. The van der Waals surface area contributed by atoms with Crippen molar-refractivity contribution in [2.45, 2.75) is 38.1 Å². The van der Waals surface area contributed by atoms with Gasteiger partial charge in [0.05, 0.1) is 0 Å². The van der Waals surface area contributed by atoms with Gasteiger partial charge < -0.3 is 11.1 Å². The van der Waals surface area contributed by atoms with E-state index >= 15 is 0 Å². The highest BCUT2D eigenvalue weighted by atomic mass is 16.1. The van der Waals surface area contributed by atoms with E-state index in [1.54, 1.807) is 12.1 Å². The monoisotopic (exact) mass is 270 g/mol. The summed E-state index contributed by atoms with van der Waals surface area (Å²) in [6.07, 6.45) is 6.78. The summed E-state index contributed by atoms with van der Waals surface area (Å²) in [6, 6.07) is 7.65. The molecule has 4 aliphatic carbocycles. The third kappa shape index (κ3) is 2.00. The first-order valence-electron chi connectivity index (χ1n) is 7.85. The predicted octanol–water partition coefficient (Wildman–Crippen LogP) is 2.82. The Morgan fingerprint density at radius 1 is 0.950 bits per heavy atom. The van der Waals surface area contributed by atoms with Crippen molar-refractivity contribution in [1.29, 1.82) is 0 Å². The standard InChI is InChI=1S/C17H22N2O/c18-15-3-1-12(2-4-15)17(20)19-16-13-6-10-5-11(8-13)9-14(16)7-10/h1-4,10-11,13-14,16H,5-9,18H2,(H,19,20). The Morgan fingerprint density at radius 3 is 2.05 bits per heavy atom. The highest BCUT2D eigenvalue weighted by Gasteiger charge is 2.48. The zero-order valence-electron chi connectivity index (χ0n) is 11.7. The second kappa shape index (κ2) is 4.51. The maximum atomic E-state index is 12.4. The third-order valence-corrected chi connectivity index (χ3v) is 5.70. The van der Waals surface area contributed by atoms with Crippen molar-refractivity contribution in [2.75, 3.05) is 5.73 Å². The molecule has 0 aliphatic heterocycles. The van der Waals surface area contributed by atoms with Crippen molar-refractivity contribution in [2.24, 2.45) is 23.7 Å². The van der Waals surface area contributed by atoms with Crippen LogP contribution >= 0.6 is 0 Å². The Kier molecular flexibility index (Phi) is 2.76. The van der Waals surface area contributed by atoms with Gasteiger partial charge in [0.25, 0.3) is 5.91 Å². The fraction of sp³-hybridized carbons (Fsp3) is 0.588. The van der Waals surface area contributed by atoms with Gasteiger partial charge in [-0.3, -0.25) is 4.79 Å². The molecule has 4 aliphatic rings. The number of hydrogen-bond acceptors (Lipinski definition) is 2. The minimum atomic E-state index is 0.0717. The van der Waals surface area contributed by atoms with Crippen LogP contribution in [-0.2, 0) is 0 Å².